The second-order valence-electron chi connectivity index (χ2n) is 4.03. The number of hydrogen-bond acceptors (Lipinski definition) is 0. The van der Waals surface area contributed by atoms with Gasteiger partial charge in [-0.25, -0.2) is 0 Å². The van der Waals surface area contributed by atoms with Crippen molar-refractivity contribution in [2.24, 2.45) is 0 Å². The summed E-state index contributed by atoms with van der Waals surface area (Å²) in [6.07, 6.45) is 0. The van der Waals surface area contributed by atoms with E-state index in [0.29, 0.717) is 0 Å². The van der Waals surface area contributed by atoms with Crippen molar-refractivity contribution >= 4 is 30.6 Å². The summed E-state index contributed by atoms with van der Waals surface area (Å²) in [6, 6.07) is 0. The average Bonchev–Trinajstić information content (AvgIpc) is 1.14. The molecule has 0 spiro atoms. The Balaban J connectivity index is 3.75. The van der Waals surface area contributed by atoms with Crippen LogP contribution in [0.15, 0.2) is 0 Å². The van der Waals surface area contributed by atoms with Gasteiger partial charge in [0.2, 0.25) is 0 Å². The van der Waals surface area contributed by atoms with Crippen molar-refractivity contribution in [2.45, 2.75) is 29.6 Å². The van der Waals surface area contributed by atoms with E-state index in [1.54, 1.807) is 0 Å². The van der Waals surface area contributed by atoms with Gasteiger partial charge in [-0.05, 0) is 0 Å². The van der Waals surface area contributed by atoms with E-state index in [4.69, 9.17) is 0 Å². The molecule has 0 bridgehead atoms. The van der Waals surface area contributed by atoms with Crippen molar-refractivity contribution < 1.29 is 10.8 Å². The van der Waals surface area contributed by atoms with Gasteiger partial charge >= 0.3 is 71.0 Å². The Morgan fingerprint density at radius 2 is 0.889 bits per heavy atom. The van der Waals surface area contributed by atoms with Crippen LogP contribution in [0.2, 0.25) is 29.6 Å². The van der Waals surface area contributed by atoms with E-state index in [-0.39, 0.29) is 0 Å². The summed E-state index contributed by atoms with van der Waals surface area (Å²) in [5, 5.41) is 0. The van der Waals surface area contributed by atoms with Gasteiger partial charge in [0.25, 0.3) is 0 Å². The van der Waals surface area contributed by atoms with E-state index >= 15 is 0 Å². The van der Waals surface area contributed by atoms with Gasteiger partial charge in [0.1, 0.15) is 0 Å². The monoisotopic (exact) mass is 436 g/mol. The van der Waals surface area contributed by atoms with Crippen molar-refractivity contribution in [3.05, 3.63) is 0 Å². The van der Waals surface area contributed by atoms with Crippen LogP contribution in [-0.2, 0) is 10.8 Å². The van der Waals surface area contributed by atoms with Crippen LogP contribution in [0.25, 0.3) is 0 Å². The minimum absolute atomic E-state index is 1.28. The Kier molecular flexibility index (Phi) is 4.73. The zero-order valence-corrected chi connectivity index (χ0v) is 14.6. The summed E-state index contributed by atoms with van der Waals surface area (Å²) in [6.45, 7) is 0. The van der Waals surface area contributed by atoms with Crippen LogP contribution in [0.3, 0.4) is 0 Å². The summed E-state index contributed by atoms with van der Waals surface area (Å²) in [4.78, 5) is 15.4. The Bertz CT molecular complexity index is 76.2. The molecule has 60 valence electrons. The van der Waals surface area contributed by atoms with E-state index < -0.39 is 30.6 Å². The summed E-state index contributed by atoms with van der Waals surface area (Å²) in [5.74, 6) is 0. The Morgan fingerprint density at radius 3 is 0.889 bits per heavy atom. The predicted molar refractivity (Wildman–Crippen MR) is 46.7 cm³/mol. The molecular formula is C6H18PdSn2. The average molecular weight is 434 g/mol. The Hall–Kier alpha value is 2.26. The van der Waals surface area contributed by atoms with Gasteiger partial charge in [-0.1, -0.05) is 0 Å². The molecule has 0 aromatic carbocycles. The summed E-state index contributed by atoms with van der Waals surface area (Å²) >= 11 is -2.61. The molecule has 0 aliphatic heterocycles. The third-order valence-electron chi connectivity index (χ3n) is 0.474. The molecule has 0 aromatic rings. The maximum atomic E-state index is 2.57. The van der Waals surface area contributed by atoms with E-state index in [1.165, 1.54) is 10.8 Å². The van der Waals surface area contributed by atoms with E-state index in [0.717, 1.165) is 0 Å². The molecule has 0 N–H and O–H groups in total. The molecule has 0 aliphatic rings. The Labute approximate surface area is 69.8 Å². The molecule has 0 atom stereocenters. The third-order valence-corrected chi connectivity index (χ3v) is 126. The first kappa shape index (κ1) is 11.3. The van der Waals surface area contributed by atoms with Gasteiger partial charge in [0.15, 0.2) is 0 Å². The first-order valence-corrected chi connectivity index (χ1v) is 32.7. The molecule has 0 nitrogen and oxygen atoms in total. The first-order chi connectivity index (χ1) is 3.71. The summed E-state index contributed by atoms with van der Waals surface area (Å²) in [5.41, 5.74) is 0. The van der Waals surface area contributed by atoms with Crippen LogP contribution < -0.4 is 0 Å². The Morgan fingerprint density at radius 1 is 0.667 bits per heavy atom. The van der Waals surface area contributed by atoms with Crippen molar-refractivity contribution in [2.75, 3.05) is 0 Å². The zero-order valence-electron chi connectivity index (χ0n) is 7.32. The second-order valence-corrected chi connectivity index (χ2v) is 78.8. The van der Waals surface area contributed by atoms with E-state index in [2.05, 4.69) is 29.6 Å². The van der Waals surface area contributed by atoms with Crippen LogP contribution in [-0.4, -0.2) is 30.6 Å². The maximum absolute atomic E-state index is 2.57. The minimum atomic E-state index is -1.30. The van der Waals surface area contributed by atoms with Crippen LogP contribution in [0.1, 0.15) is 0 Å². The van der Waals surface area contributed by atoms with Gasteiger partial charge in [-0.15, -0.1) is 0 Å². The molecule has 0 saturated carbocycles. The second kappa shape index (κ2) is 3.78. The molecule has 0 radical (unpaired) electrons. The molecule has 0 fully saturated rings. The van der Waals surface area contributed by atoms with E-state index in [1.807, 2.05) is 0 Å². The van der Waals surface area contributed by atoms with Gasteiger partial charge in [-0.2, -0.15) is 0 Å². The zero-order chi connectivity index (χ0) is 7.71. The molecule has 0 aliphatic carbocycles. The first-order valence-electron chi connectivity index (χ1n) is 3.32. The predicted octanol–water partition coefficient (Wildman–Crippen LogP) is 2.74. The van der Waals surface area contributed by atoms with Crippen molar-refractivity contribution in [1.82, 2.24) is 0 Å². The fourth-order valence-corrected chi connectivity index (χ4v) is 189. The van der Waals surface area contributed by atoms with Crippen molar-refractivity contribution in [3.8, 4) is 0 Å². The molecule has 0 rings (SSSR count). The molecule has 0 amide bonds. The normalized spacial score (nSPS) is 14.4. The van der Waals surface area contributed by atoms with Crippen molar-refractivity contribution in [3.63, 3.8) is 0 Å². The molecule has 9 heavy (non-hydrogen) atoms. The number of rotatable bonds is 2. The third kappa shape index (κ3) is 10.3. The molecule has 0 aromatic heterocycles. The van der Waals surface area contributed by atoms with E-state index in [9.17, 15) is 0 Å². The van der Waals surface area contributed by atoms with Crippen LogP contribution in [0, 0.1) is 0 Å². The molecular weight excluding hydrogens is 416 g/mol. The quantitative estimate of drug-likeness (QED) is 0.587. The molecule has 3 heteroatoms. The fraction of sp³-hybridized carbons (Fsp3) is 1.00. The van der Waals surface area contributed by atoms with Crippen LogP contribution in [0.4, 0.5) is 0 Å². The van der Waals surface area contributed by atoms with Crippen molar-refractivity contribution in [1.29, 1.82) is 0 Å². The molecule has 0 heterocycles. The van der Waals surface area contributed by atoms with Gasteiger partial charge in [0, 0.05) is 0 Å². The van der Waals surface area contributed by atoms with Crippen LogP contribution in [0.5, 0.6) is 0 Å². The molecule has 0 saturated heterocycles. The van der Waals surface area contributed by atoms with Gasteiger partial charge < -0.3 is 0 Å². The SMILES string of the molecule is [CH3][Sn]([CH3])([CH3])[Pd][Sn]([CH3])([CH3])[CH3]. The van der Waals surface area contributed by atoms with Gasteiger partial charge in [-0.3, -0.25) is 0 Å². The summed E-state index contributed by atoms with van der Waals surface area (Å²) < 4.78 is 0. The topological polar surface area (TPSA) is 0 Å². The molecule has 0 unspecified atom stereocenters. The number of hydrogen-bond donors (Lipinski definition) is 0. The van der Waals surface area contributed by atoms with Gasteiger partial charge in [0.05, 0.1) is 0 Å². The fourth-order valence-electron chi connectivity index (χ4n) is 0.712. The standard InChI is InChI=1S/6CH3.Pd.2Sn/h6*1H3;;;. The van der Waals surface area contributed by atoms with Crippen LogP contribution >= 0.6 is 0 Å². The summed E-state index contributed by atoms with van der Waals surface area (Å²) in [7, 11) is 1.28.